The highest BCUT2D eigenvalue weighted by atomic mass is 19.4. The number of nitrogens with zero attached hydrogens (tertiary/aromatic N) is 2. The third-order valence-electron chi connectivity index (χ3n) is 4.91. The van der Waals surface area contributed by atoms with Gasteiger partial charge in [0.25, 0.3) is 5.91 Å². The van der Waals surface area contributed by atoms with Gasteiger partial charge in [-0.3, -0.25) is 4.79 Å². The highest BCUT2D eigenvalue weighted by Gasteiger charge is 2.31. The third kappa shape index (κ3) is 5.03. The highest BCUT2D eigenvalue weighted by Crippen LogP contribution is 2.31. The summed E-state index contributed by atoms with van der Waals surface area (Å²) in [6.45, 7) is 1.06. The Morgan fingerprint density at radius 2 is 1.73 bits per heavy atom. The number of nitrogens with one attached hydrogen (secondary N) is 1. The van der Waals surface area contributed by atoms with Crippen molar-refractivity contribution in [2.24, 2.45) is 0 Å². The Morgan fingerprint density at radius 3 is 2.40 bits per heavy atom. The summed E-state index contributed by atoms with van der Waals surface area (Å²) in [7, 11) is 1.68. The summed E-state index contributed by atoms with van der Waals surface area (Å²) in [5, 5.41) is 2.89. The average Bonchev–Trinajstić information content (AvgIpc) is 2.76. The molecule has 1 fully saturated rings. The van der Waals surface area contributed by atoms with Crippen LogP contribution in [-0.4, -0.2) is 56.6 Å². The monoisotopic (exact) mass is 421 g/mol. The van der Waals surface area contributed by atoms with Crippen LogP contribution in [0.15, 0.2) is 48.5 Å². The Labute approximate surface area is 172 Å². The average molecular weight is 421 g/mol. The first-order chi connectivity index (χ1) is 14.3. The van der Waals surface area contributed by atoms with Gasteiger partial charge in [0, 0.05) is 44.6 Å². The fraction of sp³-hybridized carbons (Fsp3) is 0.333. The van der Waals surface area contributed by atoms with Crippen LogP contribution in [0.5, 0.6) is 0 Å². The number of anilines is 2. The molecule has 0 atom stereocenters. The van der Waals surface area contributed by atoms with Crippen LogP contribution in [0.25, 0.3) is 0 Å². The molecule has 1 aliphatic rings. The second-order valence-corrected chi connectivity index (χ2v) is 6.79. The van der Waals surface area contributed by atoms with E-state index in [0.29, 0.717) is 43.1 Å². The normalized spacial score (nSPS) is 14.4. The largest absolute Gasteiger partial charge is 0.452 e. The molecule has 1 saturated heterocycles. The SMILES string of the molecule is CNc1ccccc1C(=O)OCC(=O)N1CCN(c2cccc(C(F)(F)F)c2)CC1. The molecule has 0 aromatic heterocycles. The van der Waals surface area contributed by atoms with E-state index in [1.54, 1.807) is 47.2 Å². The van der Waals surface area contributed by atoms with Gasteiger partial charge in [-0.05, 0) is 30.3 Å². The molecule has 0 unspecified atom stereocenters. The van der Waals surface area contributed by atoms with Crippen molar-refractivity contribution < 1.29 is 27.5 Å². The van der Waals surface area contributed by atoms with Crippen molar-refractivity contribution in [1.29, 1.82) is 0 Å². The van der Waals surface area contributed by atoms with E-state index in [0.717, 1.165) is 12.1 Å². The lowest BCUT2D eigenvalue weighted by Gasteiger charge is -2.36. The molecule has 0 spiro atoms. The summed E-state index contributed by atoms with van der Waals surface area (Å²) in [6, 6.07) is 11.9. The van der Waals surface area contributed by atoms with Crippen molar-refractivity contribution in [2.45, 2.75) is 6.18 Å². The number of benzene rings is 2. The molecule has 1 heterocycles. The van der Waals surface area contributed by atoms with Gasteiger partial charge in [0.2, 0.25) is 0 Å². The molecule has 1 N–H and O–H groups in total. The first kappa shape index (κ1) is 21.5. The molecule has 160 valence electrons. The van der Waals surface area contributed by atoms with Crippen molar-refractivity contribution in [3.05, 3.63) is 59.7 Å². The molecule has 0 radical (unpaired) electrons. The fourth-order valence-corrected chi connectivity index (χ4v) is 3.27. The number of esters is 1. The Kier molecular flexibility index (Phi) is 6.49. The molecule has 2 aromatic rings. The standard InChI is InChI=1S/C21H22F3N3O3/c1-25-18-8-3-2-7-17(18)20(29)30-14-19(28)27-11-9-26(10-12-27)16-6-4-5-15(13-16)21(22,23)24/h2-8,13,25H,9-12,14H2,1H3. The van der Waals surface area contributed by atoms with Gasteiger partial charge in [-0.25, -0.2) is 4.79 Å². The maximum atomic E-state index is 12.9. The van der Waals surface area contributed by atoms with Gasteiger partial charge >= 0.3 is 12.1 Å². The Hall–Kier alpha value is -3.23. The lowest BCUT2D eigenvalue weighted by molar-refractivity contribution is -0.137. The highest BCUT2D eigenvalue weighted by molar-refractivity contribution is 5.96. The number of carbonyl (C=O) groups is 2. The van der Waals surface area contributed by atoms with Gasteiger partial charge < -0.3 is 19.9 Å². The van der Waals surface area contributed by atoms with Crippen LogP contribution < -0.4 is 10.2 Å². The number of halogens is 3. The number of hydrogen-bond donors (Lipinski definition) is 1. The van der Waals surface area contributed by atoms with Crippen LogP contribution in [0, 0.1) is 0 Å². The maximum absolute atomic E-state index is 12.9. The van der Waals surface area contributed by atoms with Gasteiger partial charge in [-0.1, -0.05) is 18.2 Å². The zero-order valence-corrected chi connectivity index (χ0v) is 16.4. The predicted molar refractivity (Wildman–Crippen MR) is 107 cm³/mol. The number of carbonyl (C=O) groups excluding carboxylic acids is 2. The summed E-state index contributed by atoms with van der Waals surface area (Å²) < 4.78 is 43.9. The van der Waals surface area contributed by atoms with E-state index >= 15 is 0 Å². The lowest BCUT2D eigenvalue weighted by Crippen LogP contribution is -2.50. The lowest BCUT2D eigenvalue weighted by atomic mass is 10.1. The second kappa shape index (κ2) is 9.06. The molecular weight excluding hydrogens is 399 g/mol. The van der Waals surface area contributed by atoms with Crippen LogP contribution >= 0.6 is 0 Å². The van der Waals surface area contributed by atoms with Gasteiger partial charge in [0.15, 0.2) is 6.61 Å². The summed E-state index contributed by atoms with van der Waals surface area (Å²) in [6.07, 6.45) is -4.40. The van der Waals surface area contributed by atoms with Crippen molar-refractivity contribution in [3.63, 3.8) is 0 Å². The van der Waals surface area contributed by atoms with Crippen LogP contribution in [0.3, 0.4) is 0 Å². The van der Waals surface area contributed by atoms with Crippen LogP contribution in [0.4, 0.5) is 24.5 Å². The number of rotatable bonds is 5. The smallest absolute Gasteiger partial charge is 0.416 e. The molecule has 2 aromatic carbocycles. The Morgan fingerprint density at radius 1 is 1.03 bits per heavy atom. The first-order valence-electron chi connectivity index (χ1n) is 9.43. The van der Waals surface area contributed by atoms with Gasteiger partial charge in [0.05, 0.1) is 11.1 Å². The molecule has 9 heteroatoms. The van der Waals surface area contributed by atoms with Crippen LogP contribution in [0.1, 0.15) is 15.9 Å². The number of hydrogen-bond acceptors (Lipinski definition) is 5. The molecule has 1 aliphatic heterocycles. The summed E-state index contributed by atoms with van der Waals surface area (Å²) in [4.78, 5) is 28.0. The number of amides is 1. The Balaban J connectivity index is 1.53. The van der Waals surface area contributed by atoms with Gasteiger partial charge in [0.1, 0.15) is 0 Å². The van der Waals surface area contributed by atoms with Gasteiger partial charge in [-0.15, -0.1) is 0 Å². The maximum Gasteiger partial charge on any atom is 0.416 e. The van der Waals surface area contributed by atoms with Gasteiger partial charge in [-0.2, -0.15) is 13.2 Å². The van der Waals surface area contributed by atoms with E-state index in [1.807, 2.05) is 0 Å². The molecule has 0 aliphatic carbocycles. The van der Waals surface area contributed by atoms with E-state index < -0.39 is 17.7 Å². The third-order valence-corrected chi connectivity index (χ3v) is 4.91. The molecule has 0 bridgehead atoms. The molecule has 3 rings (SSSR count). The number of para-hydroxylation sites is 1. The van der Waals surface area contributed by atoms with E-state index in [1.165, 1.54) is 6.07 Å². The fourth-order valence-electron chi connectivity index (χ4n) is 3.27. The van der Waals surface area contributed by atoms with Crippen LogP contribution in [0.2, 0.25) is 0 Å². The van der Waals surface area contributed by atoms with E-state index in [9.17, 15) is 22.8 Å². The zero-order chi connectivity index (χ0) is 21.7. The van der Waals surface area contributed by atoms with Crippen molar-refractivity contribution in [3.8, 4) is 0 Å². The molecular formula is C21H22F3N3O3. The van der Waals surface area contributed by atoms with Crippen molar-refractivity contribution in [2.75, 3.05) is 50.1 Å². The summed E-state index contributed by atoms with van der Waals surface area (Å²) in [5.74, 6) is -0.940. The number of ether oxygens (including phenoxy) is 1. The summed E-state index contributed by atoms with van der Waals surface area (Å²) in [5.41, 5.74) is 0.700. The minimum atomic E-state index is -4.40. The van der Waals surface area contributed by atoms with E-state index in [-0.39, 0.29) is 12.5 Å². The molecule has 1 amide bonds. The number of alkyl halides is 3. The second-order valence-electron chi connectivity index (χ2n) is 6.79. The topological polar surface area (TPSA) is 61.9 Å². The van der Waals surface area contributed by atoms with Crippen molar-refractivity contribution in [1.82, 2.24) is 4.90 Å². The molecule has 30 heavy (non-hydrogen) atoms. The predicted octanol–water partition coefficient (Wildman–Crippen LogP) is 3.25. The first-order valence-corrected chi connectivity index (χ1v) is 9.43. The van der Waals surface area contributed by atoms with E-state index in [2.05, 4.69) is 5.32 Å². The Bertz CT molecular complexity index is 910. The number of piperazine rings is 1. The van der Waals surface area contributed by atoms with Crippen molar-refractivity contribution >= 4 is 23.3 Å². The summed E-state index contributed by atoms with van der Waals surface area (Å²) >= 11 is 0. The minimum Gasteiger partial charge on any atom is -0.452 e. The zero-order valence-electron chi connectivity index (χ0n) is 16.4. The molecule has 0 saturated carbocycles. The van der Waals surface area contributed by atoms with Crippen LogP contribution in [-0.2, 0) is 15.7 Å². The van der Waals surface area contributed by atoms with E-state index in [4.69, 9.17) is 4.74 Å². The minimum absolute atomic E-state index is 0.333. The molecule has 6 nitrogen and oxygen atoms in total. The quantitative estimate of drug-likeness (QED) is 0.751.